The van der Waals surface area contributed by atoms with Crippen LogP contribution in [0.25, 0.3) is 0 Å². The largest absolute Gasteiger partial charge is 0.309 e. The first-order valence-corrected chi connectivity index (χ1v) is 7.40. The standard InChI is InChI=1S/C14H27NS/c1-7-11(2)8-9-12(3)14(5)15-10-13(4)16-6/h8-9,13-15H,7,10H2,1-6H3/b11-8+,12-9+. The highest BCUT2D eigenvalue weighted by Crippen LogP contribution is 2.07. The molecule has 0 rings (SSSR count). The van der Waals surface area contributed by atoms with Crippen molar-refractivity contribution < 1.29 is 0 Å². The van der Waals surface area contributed by atoms with Gasteiger partial charge >= 0.3 is 0 Å². The summed E-state index contributed by atoms with van der Waals surface area (Å²) in [6.07, 6.45) is 7.76. The molecule has 0 aromatic carbocycles. The maximum Gasteiger partial charge on any atom is 0.0251 e. The van der Waals surface area contributed by atoms with Crippen LogP contribution in [0, 0.1) is 0 Å². The summed E-state index contributed by atoms with van der Waals surface area (Å²) in [5, 5.41) is 4.24. The lowest BCUT2D eigenvalue weighted by Crippen LogP contribution is -2.32. The summed E-state index contributed by atoms with van der Waals surface area (Å²) in [7, 11) is 0. The second-order valence-corrected chi connectivity index (χ2v) is 5.73. The monoisotopic (exact) mass is 241 g/mol. The third kappa shape index (κ3) is 7.13. The van der Waals surface area contributed by atoms with Crippen LogP contribution in [0.5, 0.6) is 0 Å². The van der Waals surface area contributed by atoms with E-state index < -0.39 is 0 Å². The molecule has 0 saturated heterocycles. The van der Waals surface area contributed by atoms with Gasteiger partial charge in [-0.2, -0.15) is 11.8 Å². The first kappa shape index (κ1) is 15.8. The Morgan fingerprint density at radius 3 is 2.38 bits per heavy atom. The lowest BCUT2D eigenvalue weighted by molar-refractivity contribution is 0.608. The van der Waals surface area contributed by atoms with Gasteiger partial charge < -0.3 is 5.32 Å². The van der Waals surface area contributed by atoms with E-state index in [2.05, 4.69) is 58.3 Å². The minimum Gasteiger partial charge on any atom is -0.309 e. The third-order valence-corrected chi connectivity index (χ3v) is 3.96. The van der Waals surface area contributed by atoms with Gasteiger partial charge in [-0.1, -0.05) is 37.1 Å². The van der Waals surface area contributed by atoms with Crippen LogP contribution in [0.2, 0.25) is 0 Å². The fourth-order valence-corrected chi connectivity index (χ4v) is 1.39. The van der Waals surface area contributed by atoms with Gasteiger partial charge in [0.2, 0.25) is 0 Å². The number of hydrogen-bond acceptors (Lipinski definition) is 2. The van der Waals surface area contributed by atoms with Crippen LogP contribution in [0.4, 0.5) is 0 Å². The van der Waals surface area contributed by atoms with E-state index in [-0.39, 0.29) is 0 Å². The molecule has 2 atom stereocenters. The summed E-state index contributed by atoms with van der Waals surface area (Å²) in [6.45, 7) is 12.1. The van der Waals surface area contributed by atoms with Crippen LogP contribution in [-0.4, -0.2) is 24.1 Å². The Bertz CT molecular complexity index is 243. The summed E-state index contributed by atoms with van der Waals surface area (Å²) in [6, 6.07) is 0.468. The molecule has 0 heterocycles. The summed E-state index contributed by atoms with van der Waals surface area (Å²) in [5.74, 6) is 0. The van der Waals surface area contributed by atoms with E-state index in [1.807, 2.05) is 11.8 Å². The highest BCUT2D eigenvalue weighted by Gasteiger charge is 2.05. The molecule has 94 valence electrons. The molecule has 0 radical (unpaired) electrons. The minimum atomic E-state index is 0.468. The van der Waals surface area contributed by atoms with Crippen molar-refractivity contribution in [2.45, 2.75) is 52.3 Å². The van der Waals surface area contributed by atoms with Crippen molar-refractivity contribution in [1.29, 1.82) is 0 Å². The SMILES string of the molecule is CC/C(C)=C/C=C(\C)C(C)NCC(C)SC. The van der Waals surface area contributed by atoms with Gasteiger partial charge in [0.15, 0.2) is 0 Å². The zero-order valence-corrected chi connectivity index (χ0v) is 12.4. The normalized spacial score (nSPS) is 17.4. The Kier molecular flexibility index (Phi) is 8.77. The fraction of sp³-hybridized carbons (Fsp3) is 0.714. The first-order chi connectivity index (χ1) is 7.51. The predicted octanol–water partition coefficient (Wildman–Crippen LogP) is 4.02. The molecule has 2 unspecified atom stereocenters. The molecule has 1 N–H and O–H groups in total. The van der Waals surface area contributed by atoms with E-state index in [9.17, 15) is 0 Å². The smallest absolute Gasteiger partial charge is 0.0251 e. The van der Waals surface area contributed by atoms with E-state index >= 15 is 0 Å². The quantitative estimate of drug-likeness (QED) is 0.676. The molecule has 0 saturated carbocycles. The highest BCUT2D eigenvalue weighted by atomic mass is 32.2. The van der Waals surface area contributed by atoms with Gasteiger partial charge in [-0.3, -0.25) is 0 Å². The van der Waals surface area contributed by atoms with Crippen molar-refractivity contribution in [2.24, 2.45) is 0 Å². The van der Waals surface area contributed by atoms with Crippen LogP contribution >= 0.6 is 11.8 Å². The second kappa shape index (κ2) is 8.89. The zero-order chi connectivity index (χ0) is 12.6. The topological polar surface area (TPSA) is 12.0 Å². The summed E-state index contributed by atoms with van der Waals surface area (Å²) in [4.78, 5) is 0. The van der Waals surface area contributed by atoms with E-state index in [4.69, 9.17) is 0 Å². The van der Waals surface area contributed by atoms with Crippen LogP contribution < -0.4 is 5.32 Å². The van der Waals surface area contributed by atoms with E-state index in [0.717, 1.165) is 13.0 Å². The minimum absolute atomic E-state index is 0.468. The second-order valence-electron chi connectivity index (χ2n) is 4.45. The Balaban J connectivity index is 4.12. The molecule has 2 heteroatoms. The lowest BCUT2D eigenvalue weighted by Gasteiger charge is -2.17. The molecule has 0 aromatic heterocycles. The molecule has 0 aromatic rings. The van der Waals surface area contributed by atoms with Crippen molar-refractivity contribution in [3.05, 3.63) is 23.3 Å². The molecule has 0 aliphatic carbocycles. The zero-order valence-electron chi connectivity index (χ0n) is 11.6. The molecule has 16 heavy (non-hydrogen) atoms. The van der Waals surface area contributed by atoms with E-state index in [1.54, 1.807) is 0 Å². The number of thioether (sulfide) groups is 1. The Hall–Kier alpha value is -0.210. The number of nitrogens with one attached hydrogen (secondary N) is 1. The number of allylic oxidation sites excluding steroid dienone is 3. The highest BCUT2D eigenvalue weighted by molar-refractivity contribution is 7.99. The van der Waals surface area contributed by atoms with Crippen molar-refractivity contribution in [3.8, 4) is 0 Å². The summed E-state index contributed by atoms with van der Waals surface area (Å²) < 4.78 is 0. The van der Waals surface area contributed by atoms with Gasteiger partial charge in [0.05, 0.1) is 0 Å². The van der Waals surface area contributed by atoms with Crippen LogP contribution in [0.15, 0.2) is 23.3 Å². The van der Waals surface area contributed by atoms with E-state index in [1.165, 1.54) is 11.1 Å². The number of rotatable bonds is 7. The third-order valence-electron chi connectivity index (χ3n) is 2.99. The molecular formula is C14H27NS. The van der Waals surface area contributed by atoms with Gasteiger partial charge in [-0.25, -0.2) is 0 Å². The molecule has 0 amide bonds. The van der Waals surface area contributed by atoms with Crippen LogP contribution in [0.3, 0.4) is 0 Å². The molecule has 0 aliphatic rings. The fourth-order valence-electron chi connectivity index (χ4n) is 1.12. The average Bonchev–Trinajstić information content (AvgIpc) is 2.31. The average molecular weight is 241 g/mol. The Morgan fingerprint density at radius 1 is 1.25 bits per heavy atom. The first-order valence-electron chi connectivity index (χ1n) is 6.11. The summed E-state index contributed by atoms with van der Waals surface area (Å²) in [5.41, 5.74) is 2.84. The van der Waals surface area contributed by atoms with E-state index in [0.29, 0.717) is 11.3 Å². The maximum atomic E-state index is 3.56. The van der Waals surface area contributed by atoms with Crippen molar-refractivity contribution in [2.75, 3.05) is 12.8 Å². The van der Waals surface area contributed by atoms with Crippen LogP contribution in [0.1, 0.15) is 41.0 Å². The van der Waals surface area contributed by atoms with Gasteiger partial charge in [0.25, 0.3) is 0 Å². The van der Waals surface area contributed by atoms with Crippen molar-refractivity contribution >= 4 is 11.8 Å². The Labute approximate surface area is 106 Å². The maximum absolute atomic E-state index is 3.56. The Morgan fingerprint density at radius 2 is 1.88 bits per heavy atom. The molecule has 0 aliphatic heterocycles. The lowest BCUT2D eigenvalue weighted by atomic mass is 10.1. The van der Waals surface area contributed by atoms with Crippen molar-refractivity contribution in [3.63, 3.8) is 0 Å². The molecule has 0 fully saturated rings. The van der Waals surface area contributed by atoms with Gasteiger partial charge in [-0.05, 0) is 33.4 Å². The van der Waals surface area contributed by atoms with Crippen molar-refractivity contribution in [1.82, 2.24) is 5.32 Å². The van der Waals surface area contributed by atoms with Gasteiger partial charge in [-0.15, -0.1) is 0 Å². The molecule has 0 bridgehead atoms. The molecule has 1 nitrogen and oxygen atoms in total. The summed E-state index contributed by atoms with van der Waals surface area (Å²) >= 11 is 1.91. The van der Waals surface area contributed by atoms with Gasteiger partial charge in [0, 0.05) is 17.8 Å². The molecular weight excluding hydrogens is 214 g/mol. The predicted molar refractivity (Wildman–Crippen MR) is 78.2 cm³/mol. The number of hydrogen-bond donors (Lipinski definition) is 1. The van der Waals surface area contributed by atoms with Gasteiger partial charge in [0.1, 0.15) is 0 Å². The van der Waals surface area contributed by atoms with Crippen LogP contribution in [-0.2, 0) is 0 Å². The molecule has 0 spiro atoms.